The maximum atomic E-state index is 9.99. The second kappa shape index (κ2) is 15.0. The van der Waals surface area contributed by atoms with Crippen LogP contribution in [0.4, 0.5) is 0 Å². The van der Waals surface area contributed by atoms with Crippen LogP contribution in [-0.4, -0.2) is 31.0 Å². The van der Waals surface area contributed by atoms with E-state index in [4.69, 9.17) is 4.74 Å². The first-order valence-electron chi connectivity index (χ1n) is 9.89. The molecule has 0 aliphatic rings. The van der Waals surface area contributed by atoms with Crippen LogP contribution in [0, 0.1) is 4.91 Å². The van der Waals surface area contributed by atoms with Crippen LogP contribution in [0.1, 0.15) is 69.4 Å². The number of unbranched alkanes of at least 4 members (excludes halogenated alkanes) is 6. The summed E-state index contributed by atoms with van der Waals surface area (Å²) in [6.07, 6.45) is 11.8. The lowest BCUT2D eigenvalue weighted by molar-refractivity contribution is 0.0405. The van der Waals surface area contributed by atoms with Gasteiger partial charge in [-0.25, -0.2) is 0 Å². The quantitative estimate of drug-likeness (QED) is 0.335. The second-order valence-corrected chi connectivity index (χ2v) is 6.83. The molecule has 0 amide bonds. The molecule has 1 atom stereocenters. The number of nitrogens with zero attached hydrogens (tertiary/aromatic N) is 1. The van der Waals surface area contributed by atoms with Gasteiger partial charge in [0.25, 0.3) is 0 Å². The van der Waals surface area contributed by atoms with Gasteiger partial charge in [-0.1, -0.05) is 74.9 Å². The Bertz CT molecular complexity index is 433. The van der Waals surface area contributed by atoms with E-state index in [-0.39, 0.29) is 13.2 Å². The highest BCUT2D eigenvalue weighted by Gasteiger charge is 2.03. The molecule has 1 aromatic rings. The average molecular weight is 350 g/mol. The molecule has 1 N–H and O–H groups in total. The van der Waals surface area contributed by atoms with Gasteiger partial charge in [-0.15, -0.1) is 0 Å². The van der Waals surface area contributed by atoms with Crippen LogP contribution in [0.5, 0.6) is 0 Å². The summed E-state index contributed by atoms with van der Waals surface area (Å²) in [6, 6.07) is 8.91. The third kappa shape index (κ3) is 11.8. The van der Waals surface area contributed by atoms with E-state index >= 15 is 0 Å². The summed E-state index contributed by atoms with van der Waals surface area (Å²) in [7, 11) is 0. The average Bonchev–Trinajstić information content (AvgIpc) is 2.62. The van der Waals surface area contributed by atoms with E-state index in [1.165, 1.54) is 62.5 Å². The molecular formula is C21H35NO3. The predicted octanol–water partition coefficient (Wildman–Crippen LogP) is 5.06. The van der Waals surface area contributed by atoms with Crippen molar-refractivity contribution in [1.29, 1.82) is 0 Å². The van der Waals surface area contributed by atoms with Crippen LogP contribution in [-0.2, 0) is 17.6 Å². The van der Waals surface area contributed by atoms with Crippen molar-refractivity contribution < 1.29 is 9.84 Å². The van der Waals surface area contributed by atoms with Crippen LogP contribution in [0.3, 0.4) is 0 Å². The largest absolute Gasteiger partial charge is 0.389 e. The smallest absolute Gasteiger partial charge is 0.109 e. The topological polar surface area (TPSA) is 58.9 Å². The third-order valence-corrected chi connectivity index (χ3v) is 4.44. The molecule has 0 fully saturated rings. The van der Waals surface area contributed by atoms with Crippen LogP contribution in [0.2, 0.25) is 0 Å². The minimum atomic E-state index is -0.775. The minimum absolute atomic E-state index is 0.0970. The standard InChI is InChI=1S/C21H35NO3/c1-2-3-4-5-6-7-8-10-19-12-14-20(15-13-19)11-9-16-25-18-21(23)17-22-24/h12-15,21,23H,2-11,16-18H2,1H3. The van der Waals surface area contributed by atoms with Crippen molar-refractivity contribution in [3.63, 3.8) is 0 Å². The fourth-order valence-electron chi connectivity index (χ4n) is 2.90. The Morgan fingerprint density at radius 2 is 1.48 bits per heavy atom. The zero-order valence-electron chi connectivity index (χ0n) is 15.8. The Morgan fingerprint density at radius 3 is 2.08 bits per heavy atom. The highest BCUT2D eigenvalue weighted by Crippen LogP contribution is 2.12. The Labute approximate surface area is 153 Å². The lowest BCUT2D eigenvalue weighted by atomic mass is 10.0. The first-order chi connectivity index (χ1) is 12.3. The second-order valence-electron chi connectivity index (χ2n) is 6.83. The van der Waals surface area contributed by atoms with E-state index in [0.29, 0.717) is 6.61 Å². The molecule has 0 saturated heterocycles. The first kappa shape index (κ1) is 21.8. The van der Waals surface area contributed by atoms with Crippen LogP contribution in [0.15, 0.2) is 29.4 Å². The molecule has 4 nitrogen and oxygen atoms in total. The van der Waals surface area contributed by atoms with Gasteiger partial charge >= 0.3 is 0 Å². The molecule has 0 saturated carbocycles. The summed E-state index contributed by atoms with van der Waals surface area (Å²) in [5.74, 6) is 0. The van der Waals surface area contributed by atoms with Gasteiger partial charge in [0.15, 0.2) is 0 Å². The molecule has 1 rings (SSSR count). The fraction of sp³-hybridized carbons (Fsp3) is 0.714. The van der Waals surface area contributed by atoms with Gasteiger partial charge in [0, 0.05) is 6.61 Å². The molecule has 25 heavy (non-hydrogen) atoms. The Morgan fingerprint density at radius 1 is 0.920 bits per heavy atom. The van der Waals surface area contributed by atoms with Gasteiger partial charge in [0.2, 0.25) is 0 Å². The molecule has 0 bridgehead atoms. The van der Waals surface area contributed by atoms with Gasteiger partial charge in [-0.05, 0) is 36.8 Å². The number of aliphatic hydroxyl groups is 1. The minimum Gasteiger partial charge on any atom is -0.389 e. The lowest BCUT2D eigenvalue weighted by Gasteiger charge is -2.08. The summed E-state index contributed by atoms with van der Waals surface area (Å²) in [6.45, 7) is 2.94. The molecule has 4 heteroatoms. The van der Waals surface area contributed by atoms with Crippen molar-refractivity contribution in [2.45, 2.75) is 77.2 Å². The van der Waals surface area contributed by atoms with Crippen molar-refractivity contribution in [1.82, 2.24) is 0 Å². The van der Waals surface area contributed by atoms with Crippen molar-refractivity contribution in [3.05, 3.63) is 40.3 Å². The zero-order chi connectivity index (χ0) is 18.2. The number of nitroso groups, excluding NO2 is 1. The molecule has 0 heterocycles. The van der Waals surface area contributed by atoms with Crippen LogP contribution < -0.4 is 0 Å². The summed E-state index contributed by atoms with van der Waals surface area (Å²) in [5, 5.41) is 12.0. The lowest BCUT2D eigenvalue weighted by Crippen LogP contribution is -2.18. The van der Waals surface area contributed by atoms with Crippen molar-refractivity contribution in [3.8, 4) is 0 Å². The van der Waals surface area contributed by atoms with Gasteiger partial charge in [-0.2, -0.15) is 4.91 Å². The summed E-state index contributed by atoms with van der Waals surface area (Å²) < 4.78 is 5.35. The molecule has 0 radical (unpaired) electrons. The number of hydrogen-bond donors (Lipinski definition) is 1. The number of ether oxygens (including phenoxy) is 1. The predicted molar refractivity (Wildman–Crippen MR) is 104 cm³/mol. The Hall–Kier alpha value is -1.26. The molecule has 0 aliphatic heterocycles. The fourth-order valence-corrected chi connectivity index (χ4v) is 2.90. The van der Waals surface area contributed by atoms with E-state index in [0.717, 1.165) is 12.8 Å². The molecular weight excluding hydrogens is 314 g/mol. The van der Waals surface area contributed by atoms with Crippen molar-refractivity contribution in [2.75, 3.05) is 19.8 Å². The van der Waals surface area contributed by atoms with E-state index in [1.807, 2.05) is 0 Å². The highest BCUT2D eigenvalue weighted by atomic mass is 16.5. The summed E-state index contributed by atoms with van der Waals surface area (Å²) in [5.41, 5.74) is 2.75. The zero-order valence-corrected chi connectivity index (χ0v) is 15.8. The number of aryl methyl sites for hydroxylation is 2. The SMILES string of the molecule is CCCCCCCCCc1ccc(CCCOCC(O)CN=O)cc1. The van der Waals surface area contributed by atoms with Crippen LogP contribution in [0.25, 0.3) is 0 Å². The van der Waals surface area contributed by atoms with Crippen molar-refractivity contribution in [2.24, 2.45) is 5.18 Å². The Kier molecular flexibility index (Phi) is 13.1. The Balaban J connectivity index is 2.06. The molecule has 0 spiro atoms. The number of benzene rings is 1. The van der Waals surface area contributed by atoms with Crippen LogP contribution >= 0.6 is 0 Å². The van der Waals surface area contributed by atoms with E-state index in [2.05, 4.69) is 36.4 Å². The van der Waals surface area contributed by atoms with Gasteiger partial charge < -0.3 is 9.84 Å². The molecule has 142 valence electrons. The van der Waals surface area contributed by atoms with E-state index < -0.39 is 6.10 Å². The summed E-state index contributed by atoms with van der Waals surface area (Å²) >= 11 is 0. The molecule has 0 aliphatic carbocycles. The van der Waals surface area contributed by atoms with Crippen molar-refractivity contribution >= 4 is 0 Å². The molecule has 1 aromatic carbocycles. The molecule has 1 unspecified atom stereocenters. The maximum absolute atomic E-state index is 9.99. The third-order valence-electron chi connectivity index (χ3n) is 4.44. The monoisotopic (exact) mass is 349 g/mol. The number of aliphatic hydroxyl groups excluding tert-OH is 1. The number of hydrogen-bond acceptors (Lipinski definition) is 4. The first-order valence-corrected chi connectivity index (χ1v) is 9.89. The van der Waals surface area contributed by atoms with Gasteiger partial charge in [0.05, 0.1) is 6.61 Å². The van der Waals surface area contributed by atoms with E-state index in [1.54, 1.807) is 0 Å². The summed E-state index contributed by atoms with van der Waals surface area (Å²) in [4.78, 5) is 9.99. The van der Waals surface area contributed by atoms with Gasteiger partial charge in [-0.3, -0.25) is 0 Å². The maximum Gasteiger partial charge on any atom is 0.109 e. The van der Waals surface area contributed by atoms with Gasteiger partial charge in [0.1, 0.15) is 12.6 Å². The number of rotatable bonds is 16. The normalized spacial score (nSPS) is 12.2. The highest BCUT2D eigenvalue weighted by molar-refractivity contribution is 5.22. The van der Waals surface area contributed by atoms with E-state index in [9.17, 15) is 10.0 Å². The molecule has 0 aromatic heterocycles.